The maximum absolute atomic E-state index is 3.55. The van der Waals surface area contributed by atoms with Gasteiger partial charge in [0.2, 0.25) is 0 Å². The van der Waals surface area contributed by atoms with Gasteiger partial charge in [0.15, 0.2) is 0 Å². The van der Waals surface area contributed by atoms with Crippen LogP contribution in [0.15, 0.2) is 0 Å². The molecule has 1 N–H and O–H groups in total. The van der Waals surface area contributed by atoms with Crippen molar-refractivity contribution < 1.29 is 0 Å². The summed E-state index contributed by atoms with van der Waals surface area (Å²) in [5, 5.41) is 3.55. The number of hydrogen-bond donors (Lipinski definition) is 1. The van der Waals surface area contributed by atoms with Crippen molar-refractivity contribution in [2.45, 2.75) is 52.1 Å². The molecule has 2 heterocycles. The zero-order valence-corrected chi connectivity index (χ0v) is 13.4. The van der Waals surface area contributed by atoms with Crippen molar-refractivity contribution in [3.05, 3.63) is 0 Å². The molecule has 0 radical (unpaired) electrons. The van der Waals surface area contributed by atoms with Crippen LogP contribution in [0.25, 0.3) is 0 Å². The number of hydrogen-bond acceptors (Lipinski definition) is 3. The monoisotopic (exact) mass is 267 g/mol. The lowest BCUT2D eigenvalue weighted by molar-refractivity contribution is 0.0548. The number of nitrogens with zero attached hydrogens (tertiary/aromatic N) is 2. The topological polar surface area (TPSA) is 18.5 Å². The maximum Gasteiger partial charge on any atom is 0.0195 e. The molecule has 0 aromatic rings. The van der Waals surface area contributed by atoms with E-state index in [1.807, 2.05) is 0 Å². The summed E-state index contributed by atoms with van der Waals surface area (Å²) >= 11 is 0. The van der Waals surface area contributed by atoms with Crippen LogP contribution in [0, 0.1) is 11.8 Å². The summed E-state index contributed by atoms with van der Waals surface area (Å²) < 4.78 is 0. The molecule has 3 nitrogen and oxygen atoms in total. The lowest BCUT2D eigenvalue weighted by atomic mass is 9.85. The summed E-state index contributed by atoms with van der Waals surface area (Å²) in [5.74, 6) is 1.79. The average Bonchev–Trinajstić information content (AvgIpc) is 2.43. The minimum absolute atomic E-state index is 0.704. The number of piperidine rings is 1. The SMILES string of the molecule is CC(CCN1CC(C)N(C)C(C)C1)C1CCCNC1. The molecule has 2 aliphatic rings. The third kappa shape index (κ3) is 4.17. The third-order valence-electron chi connectivity index (χ3n) is 5.48. The smallest absolute Gasteiger partial charge is 0.0195 e. The molecule has 2 rings (SSSR count). The van der Waals surface area contributed by atoms with Crippen LogP contribution in [-0.2, 0) is 0 Å². The number of piperazine rings is 1. The first kappa shape index (κ1) is 15.3. The zero-order chi connectivity index (χ0) is 13.8. The standard InChI is InChI=1S/C16H33N3/c1-13(16-6-5-8-17-10-16)7-9-19-11-14(2)18(4)15(3)12-19/h13-17H,5-12H2,1-4H3. The van der Waals surface area contributed by atoms with Gasteiger partial charge in [-0.05, 0) is 71.6 Å². The van der Waals surface area contributed by atoms with E-state index < -0.39 is 0 Å². The Morgan fingerprint density at radius 1 is 1.21 bits per heavy atom. The van der Waals surface area contributed by atoms with Gasteiger partial charge >= 0.3 is 0 Å². The van der Waals surface area contributed by atoms with Gasteiger partial charge in [-0.15, -0.1) is 0 Å². The lowest BCUT2D eigenvalue weighted by Gasteiger charge is -2.43. The van der Waals surface area contributed by atoms with E-state index in [0.29, 0.717) is 12.1 Å². The first-order chi connectivity index (χ1) is 9.08. The van der Waals surface area contributed by atoms with Crippen molar-refractivity contribution in [2.75, 3.05) is 39.8 Å². The Morgan fingerprint density at radius 3 is 2.47 bits per heavy atom. The van der Waals surface area contributed by atoms with E-state index in [-0.39, 0.29) is 0 Å². The van der Waals surface area contributed by atoms with E-state index in [4.69, 9.17) is 0 Å². The largest absolute Gasteiger partial charge is 0.316 e. The molecule has 4 unspecified atom stereocenters. The minimum atomic E-state index is 0.704. The Kier molecular flexibility index (Phi) is 5.67. The Hall–Kier alpha value is -0.120. The fourth-order valence-electron chi connectivity index (χ4n) is 3.68. The zero-order valence-electron chi connectivity index (χ0n) is 13.4. The van der Waals surface area contributed by atoms with Crippen molar-refractivity contribution in [1.82, 2.24) is 15.1 Å². The van der Waals surface area contributed by atoms with Crippen LogP contribution in [-0.4, -0.2) is 61.7 Å². The first-order valence-corrected chi connectivity index (χ1v) is 8.23. The minimum Gasteiger partial charge on any atom is -0.316 e. The van der Waals surface area contributed by atoms with Gasteiger partial charge in [-0.1, -0.05) is 6.92 Å². The fourth-order valence-corrected chi connectivity index (χ4v) is 3.68. The van der Waals surface area contributed by atoms with Crippen molar-refractivity contribution in [2.24, 2.45) is 11.8 Å². The second-order valence-electron chi connectivity index (χ2n) is 7.00. The molecule has 2 aliphatic heterocycles. The summed E-state index contributed by atoms with van der Waals surface area (Å²) in [4.78, 5) is 5.20. The highest BCUT2D eigenvalue weighted by Gasteiger charge is 2.27. The third-order valence-corrected chi connectivity index (χ3v) is 5.48. The molecule has 3 heteroatoms. The summed E-state index contributed by atoms with van der Waals surface area (Å²) in [6.45, 7) is 13.4. The molecule has 0 spiro atoms. The van der Waals surface area contributed by atoms with Crippen molar-refractivity contribution >= 4 is 0 Å². The highest BCUT2D eigenvalue weighted by Crippen LogP contribution is 2.23. The Morgan fingerprint density at radius 2 is 1.89 bits per heavy atom. The van der Waals surface area contributed by atoms with Gasteiger partial charge in [0.05, 0.1) is 0 Å². The molecule has 2 saturated heterocycles. The summed E-state index contributed by atoms with van der Waals surface area (Å²) in [5.41, 5.74) is 0. The highest BCUT2D eigenvalue weighted by molar-refractivity contribution is 4.83. The molecule has 112 valence electrons. The Balaban J connectivity index is 1.72. The second-order valence-corrected chi connectivity index (χ2v) is 7.00. The molecule has 0 saturated carbocycles. The Bertz CT molecular complexity index is 251. The molecule has 0 aliphatic carbocycles. The molecule has 4 atom stereocenters. The molecule has 0 aromatic carbocycles. The molecular weight excluding hydrogens is 234 g/mol. The van der Waals surface area contributed by atoms with Gasteiger partial charge in [-0.25, -0.2) is 0 Å². The van der Waals surface area contributed by atoms with Crippen LogP contribution in [0.5, 0.6) is 0 Å². The van der Waals surface area contributed by atoms with Gasteiger partial charge in [0, 0.05) is 25.2 Å². The van der Waals surface area contributed by atoms with Gasteiger partial charge in [-0.2, -0.15) is 0 Å². The summed E-state index contributed by atoms with van der Waals surface area (Å²) in [7, 11) is 2.27. The number of rotatable bonds is 4. The second kappa shape index (κ2) is 7.05. The van der Waals surface area contributed by atoms with Crippen LogP contribution in [0.2, 0.25) is 0 Å². The van der Waals surface area contributed by atoms with E-state index in [2.05, 4.69) is 42.9 Å². The van der Waals surface area contributed by atoms with E-state index in [9.17, 15) is 0 Å². The maximum atomic E-state index is 3.55. The van der Waals surface area contributed by atoms with Crippen LogP contribution in [0.3, 0.4) is 0 Å². The van der Waals surface area contributed by atoms with Crippen LogP contribution >= 0.6 is 0 Å². The quantitative estimate of drug-likeness (QED) is 0.841. The molecule has 0 bridgehead atoms. The van der Waals surface area contributed by atoms with Gasteiger partial charge in [0.1, 0.15) is 0 Å². The average molecular weight is 267 g/mol. The molecular formula is C16H33N3. The van der Waals surface area contributed by atoms with Gasteiger partial charge < -0.3 is 10.2 Å². The Labute approximate surface area is 119 Å². The summed E-state index contributed by atoms with van der Waals surface area (Å²) in [6, 6.07) is 1.41. The van der Waals surface area contributed by atoms with E-state index in [0.717, 1.165) is 11.8 Å². The molecule has 19 heavy (non-hydrogen) atoms. The first-order valence-electron chi connectivity index (χ1n) is 8.23. The van der Waals surface area contributed by atoms with E-state index in [1.54, 1.807) is 0 Å². The van der Waals surface area contributed by atoms with Crippen molar-refractivity contribution in [3.63, 3.8) is 0 Å². The van der Waals surface area contributed by atoms with Crippen LogP contribution < -0.4 is 5.32 Å². The normalized spacial score (nSPS) is 36.3. The van der Waals surface area contributed by atoms with Gasteiger partial charge in [0.25, 0.3) is 0 Å². The molecule has 2 fully saturated rings. The fraction of sp³-hybridized carbons (Fsp3) is 1.00. The molecule has 0 amide bonds. The summed E-state index contributed by atoms with van der Waals surface area (Å²) in [6.07, 6.45) is 4.18. The van der Waals surface area contributed by atoms with Crippen molar-refractivity contribution in [3.8, 4) is 0 Å². The van der Waals surface area contributed by atoms with Gasteiger partial charge in [-0.3, -0.25) is 4.90 Å². The lowest BCUT2D eigenvalue weighted by Crippen LogP contribution is -2.55. The van der Waals surface area contributed by atoms with Crippen LogP contribution in [0.1, 0.15) is 40.0 Å². The predicted molar refractivity (Wildman–Crippen MR) is 82.5 cm³/mol. The number of likely N-dealkylation sites (N-methyl/N-ethyl adjacent to an activating group) is 1. The highest BCUT2D eigenvalue weighted by atomic mass is 15.3. The van der Waals surface area contributed by atoms with Crippen LogP contribution in [0.4, 0.5) is 0 Å². The predicted octanol–water partition coefficient (Wildman–Crippen LogP) is 2.04. The van der Waals surface area contributed by atoms with Crippen molar-refractivity contribution in [1.29, 1.82) is 0 Å². The van der Waals surface area contributed by atoms with E-state index >= 15 is 0 Å². The van der Waals surface area contributed by atoms with E-state index in [1.165, 1.54) is 52.0 Å². The number of nitrogens with one attached hydrogen (secondary N) is 1. The molecule has 0 aromatic heterocycles.